The van der Waals surface area contributed by atoms with Crippen molar-refractivity contribution in [2.45, 2.75) is 33.2 Å². The van der Waals surface area contributed by atoms with Crippen molar-refractivity contribution in [1.29, 1.82) is 0 Å². The first-order valence-electron chi connectivity index (χ1n) is 5.87. The van der Waals surface area contributed by atoms with Gasteiger partial charge in [0.15, 0.2) is 0 Å². The Balaban J connectivity index is 0.00000289. The molecule has 0 aliphatic carbocycles. The number of benzene rings is 1. The smallest absolute Gasteiger partial charge is 0.338 e. The molecule has 0 aliphatic rings. The van der Waals surface area contributed by atoms with Gasteiger partial charge in [-0.25, -0.2) is 4.79 Å². The van der Waals surface area contributed by atoms with Crippen molar-refractivity contribution in [3.05, 3.63) is 29.8 Å². The number of anilines is 1. The number of carbonyl (C=O) groups is 1. The third-order valence-electron chi connectivity index (χ3n) is 2.77. The van der Waals surface area contributed by atoms with E-state index in [0.717, 1.165) is 5.69 Å². The molecule has 1 aromatic rings. The summed E-state index contributed by atoms with van der Waals surface area (Å²) >= 11 is 0. The van der Waals surface area contributed by atoms with Gasteiger partial charge in [0.05, 0.1) is 12.2 Å². The number of carbonyl (C=O) groups excluding carboxylic acids is 1. The summed E-state index contributed by atoms with van der Waals surface area (Å²) in [6, 6.07) is 7.49. The van der Waals surface area contributed by atoms with E-state index in [1.54, 1.807) is 19.1 Å². The van der Waals surface area contributed by atoms with Gasteiger partial charge in [-0.1, -0.05) is 0 Å². The fourth-order valence-corrected chi connectivity index (χ4v) is 1.42. The second-order valence-corrected chi connectivity index (χ2v) is 5.00. The van der Waals surface area contributed by atoms with E-state index in [0.29, 0.717) is 12.2 Å². The molecule has 0 saturated heterocycles. The average molecular weight is 272 g/mol. The second-order valence-electron chi connectivity index (χ2n) is 5.00. The summed E-state index contributed by atoms with van der Waals surface area (Å²) in [5.41, 5.74) is 1.74. The van der Waals surface area contributed by atoms with Gasteiger partial charge in [-0.3, -0.25) is 0 Å². The van der Waals surface area contributed by atoms with Crippen molar-refractivity contribution in [1.82, 2.24) is 0 Å². The molecule has 0 bridgehead atoms. The molecule has 0 aliphatic heterocycles. The predicted octanol–water partition coefficient (Wildman–Crippen LogP) is 3.52. The van der Waals surface area contributed by atoms with Gasteiger partial charge in [0.1, 0.15) is 0 Å². The Morgan fingerprint density at radius 2 is 1.72 bits per heavy atom. The van der Waals surface area contributed by atoms with Crippen molar-refractivity contribution < 1.29 is 9.53 Å². The largest absolute Gasteiger partial charge is 0.462 e. The van der Waals surface area contributed by atoms with Gasteiger partial charge in [-0.15, -0.1) is 12.4 Å². The van der Waals surface area contributed by atoms with Crippen molar-refractivity contribution >= 4 is 24.1 Å². The maximum Gasteiger partial charge on any atom is 0.338 e. The van der Waals surface area contributed by atoms with Gasteiger partial charge in [0, 0.05) is 18.3 Å². The van der Waals surface area contributed by atoms with Crippen LogP contribution in [0.4, 0.5) is 5.69 Å². The van der Waals surface area contributed by atoms with Crippen LogP contribution in [0.5, 0.6) is 0 Å². The standard InChI is InChI=1S/C14H21NO2.ClH/c1-6-17-13(16)11-7-9-12(10-8-11)15(5)14(2,3)4;/h7-10H,6H2,1-5H3;1H. The van der Waals surface area contributed by atoms with Crippen LogP contribution in [0.3, 0.4) is 0 Å². The molecule has 4 heteroatoms. The first kappa shape index (κ1) is 16.8. The predicted molar refractivity (Wildman–Crippen MR) is 77.8 cm³/mol. The van der Waals surface area contributed by atoms with E-state index in [9.17, 15) is 4.79 Å². The Labute approximate surface area is 116 Å². The first-order chi connectivity index (χ1) is 7.86. The number of ether oxygens (including phenoxy) is 1. The highest BCUT2D eigenvalue weighted by atomic mass is 35.5. The van der Waals surface area contributed by atoms with Crippen LogP contribution in [0.2, 0.25) is 0 Å². The van der Waals surface area contributed by atoms with E-state index in [1.807, 2.05) is 19.2 Å². The van der Waals surface area contributed by atoms with E-state index in [2.05, 4.69) is 25.7 Å². The second kappa shape index (κ2) is 6.64. The molecular formula is C14H22ClNO2. The number of hydrogen-bond donors (Lipinski definition) is 0. The molecule has 1 rings (SSSR count). The average Bonchev–Trinajstić information content (AvgIpc) is 2.27. The lowest BCUT2D eigenvalue weighted by atomic mass is 10.1. The molecule has 0 fully saturated rings. The summed E-state index contributed by atoms with van der Waals surface area (Å²) in [5.74, 6) is -0.266. The van der Waals surface area contributed by atoms with Crippen LogP contribution in [0.1, 0.15) is 38.1 Å². The lowest BCUT2D eigenvalue weighted by molar-refractivity contribution is 0.0526. The summed E-state index contributed by atoms with van der Waals surface area (Å²) in [4.78, 5) is 13.7. The lowest BCUT2D eigenvalue weighted by Gasteiger charge is -2.34. The molecule has 0 saturated carbocycles. The molecule has 102 valence electrons. The molecule has 0 unspecified atom stereocenters. The van der Waals surface area contributed by atoms with Gasteiger partial charge in [0.25, 0.3) is 0 Å². The third-order valence-corrected chi connectivity index (χ3v) is 2.77. The van der Waals surface area contributed by atoms with Crippen molar-refractivity contribution in [2.24, 2.45) is 0 Å². The highest BCUT2D eigenvalue weighted by molar-refractivity contribution is 5.89. The topological polar surface area (TPSA) is 29.5 Å². The van der Waals surface area contributed by atoms with Crippen LogP contribution in [0.15, 0.2) is 24.3 Å². The Morgan fingerprint density at radius 1 is 1.22 bits per heavy atom. The Morgan fingerprint density at radius 3 is 2.11 bits per heavy atom. The highest BCUT2D eigenvalue weighted by Crippen LogP contribution is 2.22. The molecular weight excluding hydrogens is 250 g/mol. The van der Waals surface area contributed by atoms with E-state index >= 15 is 0 Å². The molecule has 1 aromatic carbocycles. The van der Waals surface area contributed by atoms with Gasteiger partial charge in [0.2, 0.25) is 0 Å². The molecule has 0 amide bonds. The van der Waals surface area contributed by atoms with Gasteiger partial charge < -0.3 is 9.64 Å². The monoisotopic (exact) mass is 271 g/mol. The SMILES string of the molecule is CCOC(=O)c1ccc(N(C)C(C)(C)C)cc1.Cl. The molecule has 0 radical (unpaired) electrons. The van der Waals surface area contributed by atoms with E-state index in [4.69, 9.17) is 4.74 Å². The maximum absolute atomic E-state index is 11.5. The van der Waals surface area contributed by atoms with Gasteiger partial charge >= 0.3 is 5.97 Å². The van der Waals surface area contributed by atoms with Gasteiger partial charge in [-0.05, 0) is 52.0 Å². The Kier molecular flexibility index (Phi) is 6.19. The molecule has 3 nitrogen and oxygen atoms in total. The Hall–Kier alpha value is -1.22. The Bertz CT molecular complexity index is 382. The fraction of sp³-hybridized carbons (Fsp3) is 0.500. The minimum Gasteiger partial charge on any atom is -0.462 e. The molecule has 18 heavy (non-hydrogen) atoms. The number of hydrogen-bond acceptors (Lipinski definition) is 3. The molecule has 0 heterocycles. The van der Waals surface area contributed by atoms with Gasteiger partial charge in [-0.2, -0.15) is 0 Å². The summed E-state index contributed by atoms with van der Waals surface area (Å²) in [7, 11) is 2.04. The molecule has 0 spiro atoms. The van der Waals surface area contributed by atoms with Crippen LogP contribution < -0.4 is 4.90 Å². The van der Waals surface area contributed by atoms with Crippen molar-refractivity contribution in [3.63, 3.8) is 0 Å². The molecule has 0 aromatic heterocycles. The minimum atomic E-state index is -0.266. The lowest BCUT2D eigenvalue weighted by Crippen LogP contribution is -2.37. The van der Waals surface area contributed by atoms with Crippen LogP contribution in [0.25, 0.3) is 0 Å². The number of rotatable bonds is 3. The van der Waals surface area contributed by atoms with Crippen LogP contribution in [-0.2, 0) is 4.74 Å². The van der Waals surface area contributed by atoms with Crippen LogP contribution >= 0.6 is 12.4 Å². The number of nitrogens with zero attached hydrogens (tertiary/aromatic N) is 1. The number of halogens is 1. The maximum atomic E-state index is 11.5. The van der Waals surface area contributed by atoms with E-state index < -0.39 is 0 Å². The van der Waals surface area contributed by atoms with Crippen LogP contribution in [-0.4, -0.2) is 25.2 Å². The quantitative estimate of drug-likeness (QED) is 0.788. The zero-order valence-corrected chi connectivity index (χ0v) is 12.5. The highest BCUT2D eigenvalue weighted by Gasteiger charge is 2.17. The fourth-order valence-electron chi connectivity index (χ4n) is 1.42. The third kappa shape index (κ3) is 4.22. The zero-order valence-electron chi connectivity index (χ0n) is 11.7. The van der Waals surface area contributed by atoms with Crippen molar-refractivity contribution in [3.8, 4) is 0 Å². The van der Waals surface area contributed by atoms with E-state index in [1.165, 1.54) is 0 Å². The zero-order chi connectivity index (χ0) is 13.1. The minimum absolute atomic E-state index is 0. The molecule has 0 atom stereocenters. The van der Waals surface area contributed by atoms with Crippen LogP contribution in [0, 0.1) is 0 Å². The van der Waals surface area contributed by atoms with E-state index in [-0.39, 0.29) is 23.9 Å². The summed E-state index contributed by atoms with van der Waals surface area (Å²) < 4.78 is 4.94. The summed E-state index contributed by atoms with van der Waals surface area (Å²) in [6.07, 6.45) is 0. The number of esters is 1. The summed E-state index contributed by atoms with van der Waals surface area (Å²) in [6.45, 7) is 8.65. The molecule has 0 N–H and O–H groups in total. The first-order valence-corrected chi connectivity index (χ1v) is 5.87. The van der Waals surface area contributed by atoms with Crippen molar-refractivity contribution in [2.75, 3.05) is 18.6 Å². The summed E-state index contributed by atoms with van der Waals surface area (Å²) in [5, 5.41) is 0. The normalized spacial score (nSPS) is 10.5.